The number of hydrogen-bond donors (Lipinski definition) is 7. The minimum absolute atomic E-state index is 0.648. The molecule has 0 aliphatic carbocycles. The molecule has 4 atom stereocenters. The van der Waals surface area contributed by atoms with E-state index in [1.165, 1.54) is 0 Å². The lowest BCUT2D eigenvalue weighted by Crippen LogP contribution is -2.56. The number of nitrogens with two attached hydrogens (primary N) is 1. The van der Waals surface area contributed by atoms with Gasteiger partial charge in [0.2, 0.25) is 5.91 Å². The Labute approximate surface area is 112 Å². The van der Waals surface area contributed by atoms with Crippen molar-refractivity contribution >= 4 is 19.4 Å². The van der Waals surface area contributed by atoms with E-state index in [1.807, 2.05) is 0 Å². The molecular weight excluding hydrogens is 299 g/mol. The van der Waals surface area contributed by atoms with E-state index < -0.39 is 56.2 Å². The molecule has 0 aromatic heterocycles. The highest BCUT2D eigenvalue weighted by atomic mass is 31.2. The molecule has 1 fully saturated rings. The third-order valence-corrected chi connectivity index (χ3v) is 4.25. The molecule has 12 heteroatoms. The van der Waals surface area contributed by atoms with Crippen molar-refractivity contribution in [2.75, 3.05) is 13.2 Å². The van der Waals surface area contributed by atoms with Gasteiger partial charge in [0.15, 0.2) is 0 Å². The number of aliphatic hydroxyl groups is 3. The van der Waals surface area contributed by atoms with Crippen molar-refractivity contribution in [1.29, 1.82) is 0 Å². The van der Waals surface area contributed by atoms with Gasteiger partial charge in [-0.25, -0.2) is 0 Å². The second kappa shape index (κ2) is 5.84. The van der Waals surface area contributed by atoms with Crippen molar-refractivity contribution in [3.05, 3.63) is 0 Å². The number of nitrogens with one attached hydrogen (secondary N) is 1. The molecule has 1 heterocycles. The summed E-state index contributed by atoms with van der Waals surface area (Å²) in [4.78, 5) is 41.4. The summed E-state index contributed by atoms with van der Waals surface area (Å²) in [6.07, 6.45) is -5.87. The third kappa shape index (κ3) is 2.62. The highest BCUT2D eigenvalue weighted by molar-refractivity contribution is 7.54. The van der Waals surface area contributed by atoms with Crippen molar-refractivity contribution in [2.24, 2.45) is 5.73 Å². The molecule has 0 spiro atoms. The van der Waals surface area contributed by atoms with E-state index in [2.05, 4.69) is 4.74 Å². The summed E-state index contributed by atoms with van der Waals surface area (Å²) in [6.45, 7) is -1.55. The van der Waals surface area contributed by atoms with Crippen LogP contribution in [0.2, 0.25) is 0 Å². The van der Waals surface area contributed by atoms with Gasteiger partial charge in [0, 0.05) is 0 Å². The molecular formula is C8H15N2O9P. The van der Waals surface area contributed by atoms with Crippen LogP contribution in [0.1, 0.15) is 0 Å². The monoisotopic (exact) mass is 314 g/mol. The maximum Gasteiger partial charge on any atom is 0.369 e. The molecule has 11 nitrogen and oxygen atoms in total. The van der Waals surface area contributed by atoms with E-state index in [-0.39, 0.29) is 0 Å². The summed E-state index contributed by atoms with van der Waals surface area (Å²) in [5.41, 5.74) is 4.94. The number of hydrogen-bond acceptors (Lipinski definition) is 8. The van der Waals surface area contributed by atoms with Crippen molar-refractivity contribution in [3.8, 4) is 0 Å². The number of rotatable bonds is 4. The number of imide groups is 1. The van der Waals surface area contributed by atoms with Crippen LogP contribution >= 0.6 is 7.60 Å². The van der Waals surface area contributed by atoms with E-state index in [0.29, 0.717) is 0 Å². The molecule has 0 bridgehead atoms. The first kappa shape index (κ1) is 17.1. The average molecular weight is 314 g/mol. The molecule has 1 saturated heterocycles. The standard InChI is InChI=1S/C8H15N2O9P/c9-1-4(12)10-7(15)8(20(16,17)18)6(14)5(13)3(2-11)19-8/h3,5-6,11,13-14H,1-2,9H2,(H,10,12,15)(H2,16,17,18)/t3-,5-,6-,8?/m1/s1. The minimum atomic E-state index is -5.46. The molecule has 0 aromatic carbocycles. The van der Waals surface area contributed by atoms with Crippen molar-refractivity contribution in [2.45, 2.75) is 23.7 Å². The highest BCUT2D eigenvalue weighted by Gasteiger charge is 2.69. The smallest absolute Gasteiger partial charge is 0.369 e. The minimum Gasteiger partial charge on any atom is -0.394 e. The second-order valence-electron chi connectivity index (χ2n) is 4.10. The fraction of sp³-hybridized carbons (Fsp3) is 0.750. The molecule has 20 heavy (non-hydrogen) atoms. The van der Waals surface area contributed by atoms with Gasteiger partial charge < -0.3 is 35.6 Å². The first-order valence-electron chi connectivity index (χ1n) is 5.36. The highest BCUT2D eigenvalue weighted by Crippen LogP contribution is 2.57. The molecule has 0 saturated carbocycles. The summed E-state index contributed by atoms with van der Waals surface area (Å²) >= 11 is 0. The normalized spacial score (nSPS) is 34.0. The van der Waals surface area contributed by atoms with Gasteiger partial charge in [-0.3, -0.25) is 19.5 Å². The maximum absolute atomic E-state index is 11.8. The molecule has 1 aliphatic rings. The van der Waals surface area contributed by atoms with Crippen LogP contribution in [-0.4, -0.2) is 73.7 Å². The Balaban J connectivity index is 3.23. The van der Waals surface area contributed by atoms with Crippen LogP contribution in [0.25, 0.3) is 0 Å². The molecule has 1 rings (SSSR count). The molecule has 1 unspecified atom stereocenters. The van der Waals surface area contributed by atoms with Crippen LogP contribution < -0.4 is 11.1 Å². The Morgan fingerprint density at radius 3 is 2.25 bits per heavy atom. The van der Waals surface area contributed by atoms with E-state index >= 15 is 0 Å². The Morgan fingerprint density at radius 2 is 1.90 bits per heavy atom. The first-order valence-corrected chi connectivity index (χ1v) is 6.97. The Bertz CT molecular complexity index is 451. The second-order valence-corrected chi connectivity index (χ2v) is 5.85. The van der Waals surface area contributed by atoms with Crippen molar-refractivity contribution < 1.29 is 44.0 Å². The zero-order valence-corrected chi connectivity index (χ0v) is 10.9. The van der Waals surface area contributed by atoms with Gasteiger partial charge in [-0.15, -0.1) is 0 Å². The van der Waals surface area contributed by atoms with Gasteiger partial charge >= 0.3 is 7.60 Å². The van der Waals surface area contributed by atoms with Crippen LogP contribution in [0.5, 0.6) is 0 Å². The summed E-state index contributed by atoms with van der Waals surface area (Å²) in [5.74, 6) is -2.72. The fourth-order valence-electron chi connectivity index (χ4n) is 1.78. The van der Waals surface area contributed by atoms with Crippen LogP contribution in [0.3, 0.4) is 0 Å². The number of aliphatic hydroxyl groups excluding tert-OH is 3. The Kier molecular flexibility index (Phi) is 5.00. The van der Waals surface area contributed by atoms with Gasteiger partial charge in [-0.05, 0) is 0 Å². The quantitative estimate of drug-likeness (QED) is 0.248. The van der Waals surface area contributed by atoms with E-state index in [1.54, 1.807) is 5.32 Å². The number of carbonyl (C=O) groups is 2. The largest absolute Gasteiger partial charge is 0.394 e. The van der Waals surface area contributed by atoms with Crippen LogP contribution in [0, 0.1) is 0 Å². The van der Waals surface area contributed by atoms with Crippen molar-refractivity contribution in [1.82, 2.24) is 5.32 Å². The summed E-state index contributed by atoms with van der Waals surface area (Å²) < 4.78 is 16.2. The topological polar surface area (TPSA) is 200 Å². The van der Waals surface area contributed by atoms with Gasteiger partial charge in [0.1, 0.15) is 18.3 Å². The lowest BCUT2D eigenvalue weighted by atomic mass is 10.1. The summed E-state index contributed by atoms with van der Waals surface area (Å²) in [7, 11) is -5.46. The van der Waals surface area contributed by atoms with E-state index in [9.17, 15) is 34.2 Å². The first-order chi connectivity index (χ1) is 9.11. The maximum atomic E-state index is 11.8. The molecule has 8 N–H and O–H groups in total. The molecule has 1 aliphatic heterocycles. The SMILES string of the molecule is NCC(=O)NC(=O)C1(P(=O)(O)O)O[C@H](CO)[C@@H](O)[C@H]1O. The lowest BCUT2D eigenvalue weighted by Gasteiger charge is -2.30. The number of carbonyl (C=O) groups excluding carboxylic acids is 2. The Hall–Kier alpha value is -0.910. The van der Waals surface area contributed by atoms with Gasteiger partial charge in [0.25, 0.3) is 11.2 Å². The average Bonchev–Trinajstić information content (AvgIpc) is 2.62. The summed E-state index contributed by atoms with van der Waals surface area (Å²) in [5, 5.41) is 26.5. The number of amides is 2. The van der Waals surface area contributed by atoms with Crippen LogP contribution in [0.4, 0.5) is 0 Å². The molecule has 2 amide bonds. The van der Waals surface area contributed by atoms with Crippen LogP contribution in [0.15, 0.2) is 0 Å². The number of ether oxygens (including phenoxy) is 1. The van der Waals surface area contributed by atoms with Gasteiger partial charge in [0.05, 0.1) is 13.2 Å². The molecule has 116 valence electrons. The predicted octanol–water partition coefficient (Wildman–Crippen LogP) is -4.43. The zero-order chi connectivity index (χ0) is 15.7. The van der Waals surface area contributed by atoms with Crippen molar-refractivity contribution in [3.63, 3.8) is 0 Å². The van der Waals surface area contributed by atoms with Gasteiger partial charge in [-0.2, -0.15) is 0 Å². The molecule has 0 aromatic rings. The lowest BCUT2D eigenvalue weighted by molar-refractivity contribution is -0.147. The van der Waals surface area contributed by atoms with Crippen LogP contribution in [-0.2, 0) is 18.9 Å². The fourth-order valence-corrected chi connectivity index (χ4v) is 2.87. The predicted molar refractivity (Wildman–Crippen MR) is 61.0 cm³/mol. The van der Waals surface area contributed by atoms with Gasteiger partial charge in [-0.1, -0.05) is 0 Å². The Morgan fingerprint density at radius 1 is 1.35 bits per heavy atom. The summed E-state index contributed by atoms with van der Waals surface area (Å²) in [6, 6.07) is 0. The van der Waals surface area contributed by atoms with E-state index in [4.69, 9.17) is 10.8 Å². The third-order valence-electron chi connectivity index (χ3n) is 2.81. The molecule has 0 radical (unpaired) electrons. The van der Waals surface area contributed by atoms with E-state index in [0.717, 1.165) is 0 Å². The zero-order valence-electron chi connectivity index (χ0n) is 10.0.